The molecule has 0 atom stereocenters. The molecule has 0 spiro atoms. The second kappa shape index (κ2) is 7.94. The summed E-state index contributed by atoms with van der Waals surface area (Å²) in [4.78, 5) is 26.5. The summed E-state index contributed by atoms with van der Waals surface area (Å²) in [6.07, 6.45) is 8.27. The molecule has 0 aromatic carbocycles. The topological polar surface area (TPSA) is 95.6 Å². The maximum atomic E-state index is 12.5. The molecule has 1 saturated heterocycles. The number of sulfone groups is 1. The Morgan fingerprint density at radius 3 is 2.04 bits per heavy atom. The monoisotopic (exact) mass is 411 g/mol. The summed E-state index contributed by atoms with van der Waals surface area (Å²) in [6.45, 7) is 2.20. The van der Waals surface area contributed by atoms with E-state index in [0.29, 0.717) is 32.6 Å². The summed E-state index contributed by atoms with van der Waals surface area (Å²) >= 11 is 0. The van der Waals surface area contributed by atoms with Crippen molar-refractivity contribution in [3.63, 3.8) is 0 Å². The van der Waals surface area contributed by atoms with E-state index in [4.69, 9.17) is 0 Å². The van der Waals surface area contributed by atoms with Crippen LogP contribution in [0.1, 0.15) is 44.9 Å². The predicted octanol–water partition coefficient (Wildman–Crippen LogP) is 0.556. The zero-order valence-corrected chi connectivity index (χ0v) is 17.4. The van der Waals surface area contributed by atoms with Gasteiger partial charge in [0, 0.05) is 32.6 Å². The van der Waals surface area contributed by atoms with E-state index < -0.39 is 9.84 Å². The van der Waals surface area contributed by atoms with E-state index in [0.717, 1.165) is 17.8 Å². The third-order valence-electron chi connectivity index (χ3n) is 7.33. The van der Waals surface area contributed by atoms with Crippen molar-refractivity contribution < 1.29 is 18.0 Å². The van der Waals surface area contributed by atoms with Crippen LogP contribution in [0.5, 0.6) is 0 Å². The summed E-state index contributed by atoms with van der Waals surface area (Å²) in [5.74, 6) is 2.70. The zero-order chi connectivity index (χ0) is 19.8. The van der Waals surface area contributed by atoms with Crippen molar-refractivity contribution in [3.8, 4) is 0 Å². The predicted molar refractivity (Wildman–Crippen MR) is 106 cm³/mol. The zero-order valence-electron chi connectivity index (χ0n) is 16.6. The molecule has 0 aromatic rings. The van der Waals surface area contributed by atoms with Gasteiger partial charge in [0.25, 0.3) is 0 Å². The highest BCUT2D eigenvalue weighted by Crippen LogP contribution is 2.61. The average molecular weight is 412 g/mol. The van der Waals surface area contributed by atoms with E-state index in [1.54, 1.807) is 0 Å². The molecule has 28 heavy (non-hydrogen) atoms. The van der Waals surface area contributed by atoms with Gasteiger partial charge in [-0.3, -0.25) is 14.5 Å². The lowest BCUT2D eigenvalue weighted by atomic mass is 9.49. The van der Waals surface area contributed by atoms with Crippen molar-refractivity contribution in [1.82, 2.24) is 15.5 Å². The molecular weight excluding hydrogens is 378 g/mol. The molecule has 1 aliphatic heterocycles. The lowest BCUT2D eigenvalue weighted by molar-refractivity contribution is -0.131. The number of carbonyl (C=O) groups is 2. The smallest absolute Gasteiger partial charge is 0.239 e. The van der Waals surface area contributed by atoms with Crippen LogP contribution in [-0.2, 0) is 19.4 Å². The minimum atomic E-state index is -2.87. The molecule has 5 aliphatic rings. The summed E-state index contributed by atoms with van der Waals surface area (Å²) in [5.41, 5.74) is 0.198. The van der Waals surface area contributed by atoms with Crippen molar-refractivity contribution in [2.24, 2.45) is 23.2 Å². The Balaban J connectivity index is 1.13. The molecule has 158 valence electrons. The number of nitrogens with zero attached hydrogens (tertiary/aromatic N) is 1. The second-order valence-electron chi connectivity index (χ2n) is 9.71. The molecule has 4 saturated carbocycles. The van der Waals surface area contributed by atoms with Gasteiger partial charge in [-0.1, -0.05) is 0 Å². The van der Waals surface area contributed by atoms with Gasteiger partial charge in [-0.2, -0.15) is 0 Å². The molecule has 7 nitrogen and oxygen atoms in total. The van der Waals surface area contributed by atoms with Gasteiger partial charge in [0.2, 0.25) is 11.8 Å². The van der Waals surface area contributed by atoms with E-state index in [1.807, 2.05) is 4.90 Å². The molecule has 8 heteroatoms. The first-order valence-electron chi connectivity index (χ1n) is 10.8. The number of amides is 2. The molecule has 4 bridgehead atoms. The number of nitrogens with one attached hydrogen (secondary N) is 2. The summed E-state index contributed by atoms with van der Waals surface area (Å²) in [7, 11) is -2.87. The minimum absolute atomic E-state index is 0.0123. The minimum Gasteiger partial charge on any atom is -0.353 e. The molecule has 0 radical (unpaired) electrons. The van der Waals surface area contributed by atoms with E-state index in [2.05, 4.69) is 10.6 Å². The van der Waals surface area contributed by atoms with Crippen LogP contribution < -0.4 is 10.6 Å². The summed E-state index contributed by atoms with van der Waals surface area (Å²) < 4.78 is 22.8. The maximum absolute atomic E-state index is 12.5. The fourth-order valence-electron chi connectivity index (χ4n) is 6.48. The Labute approximate surface area is 167 Å². The maximum Gasteiger partial charge on any atom is 0.239 e. The Morgan fingerprint density at radius 1 is 0.893 bits per heavy atom. The van der Waals surface area contributed by atoms with Gasteiger partial charge in [0.1, 0.15) is 0 Å². The molecule has 5 fully saturated rings. The highest BCUT2D eigenvalue weighted by Gasteiger charge is 2.51. The van der Waals surface area contributed by atoms with Crippen molar-refractivity contribution >= 4 is 21.7 Å². The van der Waals surface area contributed by atoms with Crippen LogP contribution in [0.3, 0.4) is 0 Å². The van der Waals surface area contributed by atoms with Crippen LogP contribution in [0.15, 0.2) is 0 Å². The van der Waals surface area contributed by atoms with E-state index in [9.17, 15) is 18.0 Å². The normalized spacial score (nSPS) is 36.2. The first kappa shape index (κ1) is 20.1. The van der Waals surface area contributed by atoms with Gasteiger partial charge in [0.15, 0.2) is 9.84 Å². The number of hydrogen-bond acceptors (Lipinski definition) is 5. The standard InChI is InChI=1S/C20H33N3O4S/c24-18(13-20-10-15-7-16(11-20)9-17(8-15)12-20)22-14-19(25)21-1-2-23-3-5-28(26,27)6-4-23/h15-17H,1-14H2,(H,21,25)(H,22,24). The van der Waals surface area contributed by atoms with Crippen LogP contribution in [0.2, 0.25) is 0 Å². The van der Waals surface area contributed by atoms with Crippen molar-refractivity contribution in [3.05, 3.63) is 0 Å². The van der Waals surface area contributed by atoms with Crippen LogP contribution in [0.25, 0.3) is 0 Å². The first-order chi connectivity index (χ1) is 13.3. The second-order valence-corrected chi connectivity index (χ2v) is 12.0. The van der Waals surface area contributed by atoms with Gasteiger partial charge >= 0.3 is 0 Å². The molecule has 4 aliphatic carbocycles. The highest BCUT2D eigenvalue weighted by atomic mass is 32.2. The van der Waals surface area contributed by atoms with Crippen LogP contribution in [-0.4, -0.2) is 69.4 Å². The fourth-order valence-corrected chi connectivity index (χ4v) is 7.76. The molecule has 0 unspecified atom stereocenters. The van der Waals surface area contributed by atoms with Crippen LogP contribution >= 0.6 is 0 Å². The van der Waals surface area contributed by atoms with E-state index in [-0.39, 0.29) is 35.3 Å². The molecule has 2 amide bonds. The lowest BCUT2D eigenvalue weighted by Crippen LogP contribution is -2.49. The van der Waals surface area contributed by atoms with Crippen molar-refractivity contribution in [2.45, 2.75) is 44.9 Å². The largest absolute Gasteiger partial charge is 0.353 e. The third-order valence-corrected chi connectivity index (χ3v) is 8.94. The van der Waals surface area contributed by atoms with Crippen LogP contribution in [0, 0.1) is 23.2 Å². The Kier molecular flexibility index (Phi) is 5.71. The third kappa shape index (κ3) is 4.87. The van der Waals surface area contributed by atoms with Gasteiger partial charge in [0.05, 0.1) is 18.1 Å². The van der Waals surface area contributed by atoms with Crippen LogP contribution in [0.4, 0.5) is 0 Å². The van der Waals surface area contributed by atoms with E-state index in [1.165, 1.54) is 38.5 Å². The molecule has 5 rings (SSSR count). The van der Waals surface area contributed by atoms with Gasteiger partial charge in [-0.05, 0) is 61.7 Å². The molecule has 1 heterocycles. The first-order valence-corrected chi connectivity index (χ1v) is 12.6. The van der Waals surface area contributed by atoms with Gasteiger partial charge in [-0.25, -0.2) is 8.42 Å². The highest BCUT2D eigenvalue weighted by molar-refractivity contribution is 7.91. The van der Waals surface area contributed by atoms with Gasteiger partial charge in [-0.15, -0.1) is 0 Å². The summed E-state index contributed by atoms with van der Waals surface area (Å²) in [6, 6.07) is 0. The van der Waals surface area contributed by atoms with E-state index >= 15 is 0 Å². The fraction of sp³-hybridized carbons (Fsp3) is 0.900. The van der Waals surface area contributed by atoms with Crippen molar-refractivity contribution in [1.29, 1.82) is 0 Å². The Morgan fingerprint density at radius 2 is 1.46 bits per heavy atom. The quantitative estimate of drug-likeness (QED) is 0.638. The molecular formula is C20H33N3O4S. The Hall–Kier alpha value is -1.15. The number of rotatable bonds is 7. The van der Waals surface area contributed by atoms with Gasteiger partial charge < -0.3 is 10.6 Å². The average Bonchev–Trinajstić information content (AvgIpc) is 2.60. The molecule has 0 aromatic heterocycles. The Bertz CT molecular complexity index is 672. The molecule has 2 N–H and O–H groups in total. The van der Waals surface area contributed by atoms with Crippen molar-refractivity contribution in [2.75, 3.05) is 44.2 Å². The number of hydrogen-bond donors (Lipinski definition) is 2. The number of carbonyl (C=O) groups excluding carboxylic acids is 2. The summed E-state index contributed by atoms with van der Waals surface area (Å²) in [5, 5.41) is 5.63. The SMILES string of the molecule is O=C(CNC(=O)CC12CC3CC(CC(C3)C1)C2)NCCN1CCS(=O)(=O)CC1. The lowest BCUT2D eigenvalue weighted by Gasteiger charge is -2.56.